The average Bonchev–Trinajstić information content (AvgIpc) is 3.19. The molecule has 4 rings (SSSR count). The highest BCUT2D eigenvalue weighted by atomic mass is 16.5. The molecule has 1 aromatic carbocycles. The van der Waals surface area contributed by atoms with E-state index >= 15 is 0 Å². The molecule has 1 aromatic heterocycles. The van der Waals surface area contributed by atoms with Crippen LogP contribution >= 0.6 is 0 Å². The highest BCUT2D eigenvalue weighted by molar-refractivity contribution is 5.80. The second-order valence-electron chi connectivity index (χ2n) is 7.80. The summed E-state index contributed by atoms with van der Waals surface area (Å²) >= 11 is 0. The minimum atomic E-state index is -0.0457. The zero-order chi connectivity index (χ0) is 20.1. The van der Waals surface area contributed by atoms with Crippen LogP contribution in [0.1, 0.15) is 56.2 Å². The van der Waals surface area contributed by atoms with Crippen molar-refractivity contribution in [2.45, 2.75) is 57.2 Å². The Morgan fingerprint density at radius 1 is 1.24 bits per heavy atom. The van der Waals surface area contributed by atoms with Gasteiger partial charge in [0.2, 0.25) is 5.88 Å². The van der Waals surface area contributed by atoms with E-state index < -0.39 is 0 Å². The largest absolute Gasteiger partial charge is 0.487 e. The van der Waals surface area contributed by atoms with Crippen LogP contribution in [0.3, 0.4) is 0 Å². The van der Waals surface area contributed by atoms with Gasteiger partial charge >= 0.3 is 0 Å². The van der Waals surface area contributed by atoms with Gasteiger partial charge in [-0.15, -0.1) is 0 Å². The SMILES string of the molecule is CCNC(=NCc1cccnc1OC)NC1CC2(CCCC2)Oc2ccccc21. The minimum absolute atomic E-state index is 0.0457. The second-order valence-corrected chi connectivity index (χ2v) is 7.80. The summed E-state index contributed by atoms with van der Waals surface area (Å²) in [5, 5.41) is 7.05. The highest BCUT2D eigenvalue weighted by Crippen LogP contribution is 2.46. The highest BCUT2D eigenvalue weighted by Gasteiger charge is 2.43. The zero-order valence-corrected chi connectivity index (χ0v) is 17.3. The lowest BCUT2D eigenvalue weighted by Gasteiger charge is -2.40. The third-order valence-corrected chi connectivity index (χ3v) is 5.82. The molecule has 0 saturated heterocycles. The van der Waals surface area contributed by atoms with Crippen molar-refractivity contribution in [1.29, 1.82) is 0 Å². The summed E-state index contributed by atoms with van der Waals surface area (Å²) in [5.41, 5.74) is 2.12. The molecule has 1 atom stereocenters. The molecule has 1 aliphatic carbocycles. The van der Waals surface area contributed by atoms with Crippen LogP contribution in [0.15, 0.2) is 47.6 Å². The summed E-state index contributed by atoms with van der Waals surface area (Å²) in [7, 11) is 1.64. The molecule has 0 radical (unpaired) electrons. The predicted octanol–water partition coefficient (Wildman–Crippen LogP) is 3.98. The molecule has 1 aliphatic heterocycles. The van der Waals surface area contributed by atoms with Crippen molar-refractivity contribution in [3.63, 3.8) is 0 Å². The summed E-state index contributed by atoms with van der Waals surface area (Å²) in [4.78, 5) is 9.07. The quantitative estimate of drug-likeness (QED) is 0.593. The molecule has 2 aliphatic rings. The molecule has 0 bridgehead atoms. The lowest BCUT2D eigenvalue weighted by Crippen LogP contribution is -2.46. The number of methoxy groups -OCH3 is 1. The van der Waals surface area contributed by atoms with Gasteiger partial charge in [-0.25, -0.2) is 9.98 Å². The summed E-state index contributed by atoms with van der Waals surface area (Å²) < 4.78 is 11.8. The van der Waals surface area contributed by atoms with Crippen molar-refractivity contribution in [2.75, 3.05) is 13.7 Å². The van der Waals surface area contributed by atoms with Gasteiger partial charge in [-0.3, -0.25) is 0 Å². The molecular weight excluding hydrogens is 364 g/mol. The van der Waals surface area contributed by atoms with Gasteiger partial charge in [-0.1, -0.05) is 24.3 Å². The molecular formula is C23H30N4O2. The van der Waals surface area contributed by atoms with Crippen molar-refractivity contribution >= 4 is 5.96 Å². The van der Waals surface area contributed by atoms with Crippen molar-refractivity contribution < 1.29 is 9.47 Å². The molecule has 2 aromatic rings. The van der Waals surface area contributed by atoms with Crippen LogP contribution in [0.25, 0.3) is 0 Å². The zero-order valence-electron chi connectivity index (χ0n) is 17.3. The van der Waals surface area contributed by atoms with E-state index in [9.17, 15) is 0 Å². The number of aromatic nitrogens is 1. The Hall–Kier alpha value is -2.76. The van der Waals surface area contributed by atoms with Gasteiger partial charge in [0.1, 0.15) is 11.4 Å². The van der Waals surface area contributed by atoms with Gasteiger partial charge in [-0.05, 0) is 44.7 Å². The maximum atomic E-state index is 6.49. The van der Waals surface area contributed by atoms with Crippen molar-refractivity contribution in [3.8, 4) is 11.6 Å². The van der Waals surface area contributed by atoms with E-state index in [1.807, 2.05) is 12.1 Å². The number of hydrogen-bond donors (Lipinski definition) is 2. The Morgan fingerprint density at radius 3 is 2.86 bits per heavy atom. The Balaban J connectivity index is 1.57. The van der Waals surface area contributed by atoms with Crippen molar-refractivity contribution in [1.82, 2.24) is 15.6 Å². The molecule has 1 unspecified atom stereocenters. The first-order valence-corrected chi connectivity index (χ1v) is 10.5. The molecule has 0 amide bonds. The molecule has 1 spiro atoms. The number of rotatable bonds is 5. The van der Waals surface area contributed by atoms with E-state index in [4.69, 9.17) is 14.5 Å². The van der Waals surface area contributed by atoms with Crippen LogP contribution in [-0.4, -0.2) is 30.2 Å². The van der Waals surface area contributed by atoms with Crippen LogP contribution < -0.4 is 20.1 Å². The number of para-hydroxylation sites is 1. The van der Waals surface area contributed by atoms with Crippen molar-refractivity contribution in [2.24, 2.45) is 4.99 Å². The summed E-state index contributed by atoms with van der Waals surface area (Å²) in [6.07, 6.45) is 7.42. The lowest BCUT2D eigenvalue weighted by atomic mass is 9.86. The minimum Gasteiger partial charge on any atom is -0.487 e. The topological polar surface area (TPSA) is 67.8 Å². The molecule has 154 valence electrons. The number of benzene rings is 1. The molecule has 6 nitrogen and oxygen atoms in total. The number of nitrogens with one attached hydrogen (secondary N) is 2. The number of guanidine groups is 1. The van der Waals surface area contributed by atoms with E-state index in [0.29, 0.717) is 12.4 Å². The first-order chi connectivity index (χ1) is 14.2. The fourth-order valence-corrected chi connectivity index (χ4v) is 4.45. The summed E-state index contributed by atoms with van der Waals surface area (Å²) in [6, 6.07) is 12.5. The predicted molar refractivity (Wildman–Crippen MR) is 114 cm³/mol. The van der Waals surface area contributed by atoms with Gasteiger partial charge < -0.3 is 20.1 Å². The van der Waals surface area contributed by atoms with Crippen LogP contribution in [-0.2, 0) is 6.54 Å². The molecule has 6 heteroatoms. The molecule has 1 fully saturated rings. The van der Waals surface area contributed by atoms with E-state index in [2.05, 4.69) is 46.8 Å². The smallest absolute Gasteiger partial charge is 0.218 e. The lowest BCUT2D eigenvalue weighted by molar-refractivity contribution is 0.0396. The first kappa shape index (κ1) is 19.6. The normalized spacial score (nSPS) is 20.1. The van der Waals surface area contributed by atoms with Crippen LogP contribution in [0.4, 0.5) is 0 Å². The Morgan fingerprint density at radius 2 is 2.07 bits per heavy atom. The fourth-order valence-electron chi connectivity index (χ4n) is 4.45. The first-order valence-electron chi connectivity index (χ1n) is 10.5. The van der Waals surface area contributed by atoms with Gasteiger partial charge in [0.05, 0.1) is 19.7 Å². The summed E-state index contributed by atoms with van der Waals surface area (Å²) in [5.74, 6) is 2.42. The van der Waals surface area contributed by atoms with Crippen LogP contribution in [0.2, 0.25) is 0 Å². The number of hydrogen-bond acceptors (Lipinski definition) is 4. The Bertz CT molecular complexity index is 861. The Kier molecular flexibility index (Phi) is 5.88. The molecule has 2 N–H and O–H groups in total. The fraction of sp³-hybridized carbons (Fsp3) is 0.478. The maximum Gasteiger partial charge on any atom is 0.218 e. The van der Waals surface area contributed by atoms with Gasteiger partial charge in [-0.2, -0.15) is 0 Å². The standard InChI is InChI=1S/C23H30N4O2/c1-3-24-22(26-16-17-9-8-14-25-21(17)28-2)27-19-15-23(12-6-7-13-23)29-20-11-5-4-10-18(19)20/h4-5,8-11,14,19H,3,6-7,12-13,15-16H2,1-2H3,(H2,24,26,27). The maximum absolute atomic E-state index is 6.49. The van der Waals surface area contributed by atoms with Gasteiger partial charge in [0, 0.05) is 30.3 Å². The van der Waals surface area contributed by atoms with Crippen molar-refractivity contribution in [3.05, 3.63) is 53.7 Å². The van der Waals surface area contributed by atoms with E-state index in [0.717, 1.165) is 43.1 Å². The van der Waals surface area contributed by atoms with Gasteiger partial charge in [0.15, 0.2) is 5.96 Å². The van der Waals surface area contributed by atoms with Crippen LogP contribution in [0.5, 0.6) is 11.6 Å². The Labute approximate surface area is 172 Å². The molecule has 29 heavy (non-hydrogen) atoms. The monoisotopic (exact) mass is 394 g/mol. The van der Waals surface area contributed by atoms with E-state index in [1.165, 1.54) is 18.4 Å². The summed E-state index contributed by atoms with van der Waals surface area (Å²) in [6.45, 7) is 3.38. The molecule has 2 heterocycles. The van der Waals surface area contributed by atoms with Crippen LogP contribution in [0, 0.1) is 0 Å². The number of aliphatic imine (C=N–C) groups is 1. The molecule has 1 saturated carbocycles. The number of fused-ring (bicyclic) bond motifs is 1. The van der Waals surface area contributed by atoms with Gasteiger partial charge in [0.25, 0.3) is 0 Å². The number of nitrogens with zero attached hydrogens (tertiary/aromatic N) is 2. The third-order valence-electron chi connectivity index (χ3n) is 5.82. The van der Waals surface area contributed by atoms with E-state index in [-0.39, 0.29) is 11.6 Å². The number of pyridine rings is 1. The third kappa shape index (κ3) is 4.31. The average molecular weight is 395 g/mol. The number of ether oxygens (including phenoxy) is 2. The van der Waals surface area contributed by atoms with E-state index in [1.54, 1.807) is 13.3 Å². The second kappa shape index (κ2) is 8.72.